The van der Waals surface area contributed by atoms with Gasteiger partial charge in [-0.3, -0.25) is 4.79 Å². The standard InChI is InChI=1S/C12H13NOS2/c1-7-4-5-11(15-7)10(14)6-12-13-8(2)9(3)16-12/h4-5H,6H2,1-3H3. The maximum atomic E-state index is 11.9. The largest absolute Gasteiger partial charge is 0.293 e. The molecule has 2 rings (SSSR count). The van der Waals surface area contributed by atoms with Gasteiger partial charge in [0.1, 0.15) is 5.01 Å². The van der Waals surface area contributed by atoms with E-state index in [0.29, 0.717) is 6.42 Å². The molecule has 2 nitrogen and oxygen atoms in total. The van der Waals surface area contributed by atoms with E-state index in [1.54, 1.807) is 22.7 Å². The van der Waals surface area contributed by atoms with Gasteiger partial charge in [0, 0.05) is 9.75 Å². The van der Waals surface area contributed by atoms with E-state index in [1.807, 2.05) is 32.9 Å². The van der Waals surface area contributed by atoms with E-state index in [0.717, 1.165) is 15.6 Å². The van der Waals surface area contributed by atoms with E-state index in [1.165, 1.54) is 9.75 Å². The van der Waals surface area contributed by atoms with Crippen molar-refractivity contribution in [3.05, 3.63) is 37.5 Å². The molecule has 0 saturated carbocycles. The molecule has 0 aliphatic rings. The van der Waals surface area contributed by atoms with Crippen LogP contribution in [-0.4, -0.2) is 10.8 Å². The lowest BCUT2D eigenvalue weighted by atomic mass is 10.2. The molecular formula is C12H13NOS2. The molecule has 16 heavy (non-hydrogen) atoms. The second kappa shape index (κ2) is 4.47. The lowest BCUT2D eigenvalue weighted by Gasteiger charge is -1.93. The minimum absolute atomic E-state index is 0.173. The van der Waals surface area contributed by atoms with Crippen LogP contribution in [0.15, 0.2) is 12.1 Å². The number of carbonyl (C=O) groups excluding carboxylic acids is 1. The number of ketones is 1. The van der Waals surface area contributed by atoms with Crippen LogP contribution in [0.1, 0.15) is 30.1 Å². The molecule has 0 saturated heterocycles. The predicted molar refractivity (Wildman–Crippen MR) is 68.7 cm³/mol. The first-order valence-electron chi connectivity index (χ1n) is 5.09. The van der Waals surface area contributed by atoms with Crippen molar-refractivity contribution in [1.29, 1.82) is 0 Å². The Bertz CT molecular complexity index is 505. The molecule has 0 aromatic carbocycles. The minimum Gasteiger partial charge on any atom is -0.293 e. The molecule has 0 unspecified atom stereocenters. The zero-order valence-corrected chi connectivity index (χ0v) is 11.2. The first-order valence-corrected chi connectivity index (χ1v) is 6.72. The molecule has 0 spiro atoms. The zero-order chi connectivity index (χ0) is 11.7. The summed E-state index contributed by atoms with van der Waals surface area (Å²) in [6.45, 7) is 6.03. The minimum atomic E-state index is 0.173. The first-order chi connectivity index (χ1) is 7.56. The lowest BCUT2D eigenvalue weighted by Crippen LogP contribution is -2.00. The van der Waals surface area contributed by atoms with Crippen molar-refractivity contribution in [3.8, 4) is 0 Å². The molecule has 0 radical (unpaired) electrons. The van der Waals surface area contributed by atoms with Crippen molar-refractivity contribution in [3.63, 3.8) is 0 Å². The highest BCUT2D eigenvalue weighted by Gasteiger charge is 2.12. The molecule has 0 atom stereocenters. The quantitative estimate of drug-likeness (QED) is 0.781. The fourth-order valence-electron chi connectivity index (χ4n) is 1.42. The number of thiophene rings is 1. The number of aromatic nitrogens is 1. The Kier molecular flexibility index (Phi) is 3.21. The third kappa shape index (κ3) is 2.39. The van der Waals surface area contributed by atoms with Gasteiger partial charge in [0.2, 0.25) is 0 Å². The third-order valence-electron chi connectivity index (χ3n) is 2.40. The Morgan fingerprint density at radius 1 is 1.25 bits per heavy atom. The van der Waals surface area contributed by atoms with Crippen LogP contribution in [0.5, 0.6) is 0 Å². The molecule has 0 amide bonds. The van der Waals surface area contributed by atoms with Gasteiger partial charge in [0.15, 0.2) is 5.78 Å². The second-order valence-electron chi connectivity index (χ2n) is 3.76. The highest BCUT2D eigenvalue weighted by Crippen LogP contribution is 2.21. The molecule has 0 aliphatic heterocycles. The summed E-state index contributed by atoms with van der Waals surface area (Å²) < 4.78 is 0. The number of hydrogen-bond acceptors (Lipinski definition) is 4. The van der Waals surface area contributed by atoms with Crippen molar-refractivity contribution in [2.45, 2.75) is 27.2 Å². The number of Topliss-reactive ketones (excluding diaryl/α,β-unsaturated/α-hetero) is 1. The second-order valence-corrected chi connectivity index (χ2v) is 6.34. The molecule has 4 heteroatoms. The van der Waals surface area contributed by atoms with Crippen LogP contribution in [0.2, 0.25) is 0 Å². The topological polar surface area (TPSA) is 30.0 Å². The molecular weight excluding hydrogens is 238 g/mol. The van der Waals surface area contributed by atoms with Crippen molar-refractivity contribution in [1.82, 2.24) is 4.98 Å². The average molecular weight is 251 g/mol. The number of thiazole rings is 1. The van der Waals surface area contributed by atoms with Crippen LogP contribution in [0.25, 0.3) is 0 Å². The van der Waals surface area contributed by atoms with Gasteiger partial charge < -0.3 is 0 Å². The van der Waals surface area contributed by atoms with Crippen LogP contribution < -0.4 is 0 Å². The summed E-state index contributed by atoms with van der Waals surface area (Å²) in [5, 5.41) is 0.922. The van der Waals surface area contributed by atoms with Crippen LogP contribution in [0.4, 0.5) is 0 Å². The third-order valence-corrected chi connectivity index (χ3v) is 4.51. The maximum absolute atomic E-state index is 11.9. The SMILES string of the molecule is Cc1ccc(C(=O)Cc2nc(C)c(C)s2)s1. The van der Waals surface area contributed by atoms with Crippen molar-refractivity contribution < 1.29 is 4.79 Å². The van der Waals surface area contributed by atoms with Gasteiger partial charge in [0.25, 0.3) is 0 Å². The maximum Gasteiger partial charge on any atom is 0.179 e. The summed E-state index contributed by atoms with van der Waals surface area (Å²) in [5.74, 6) is 0.173. The molecule has 2 aromatic rings. The summed E-state index contributed by atoms with van der Waals surface area (Å²) in [6, 6.07) is 3.88. The first kappa shape index (κ1) is 11.5. The van der Waals surface area contributed by atoms with Gasteiger partial charge in [-0.05, 0) is 32.9 Å². The van der Waals surface area contributed by atoms with Crippen molar-refractivity contribution in [2.24, 2.45) is 0 Å². The fraction of sp³-hybridized carbons (Fsp3) is 0.333. The van der Waals surface area contributed by atoms with E-state index >= 15 is 0 Å². The van der Waals surface area contributed by atoms with Gasteiger partial charge >= 0.3 is 0 Å². The van der Waals surface area contributed by atoms with Crippen LogP contribution in [0.3, 0.4) is 0 Å². The Morgan fingerprint density at radius 3 is 2.50 bits per heavy atom. The van der Waals surface area contributed by atoms with Gasteiger partial charge in [-0.25, -0.2) is 4.98 Å². The molecule has 2 aromatic heterocycles. The Balaban J connectivity index is 2.13. The Labute approximate surface area is 103 Å². The molecule has 0 aliphatic carbocycles. The van der Waals surface area contributed by atoms with Crippen molar-refractivity contribution >= 4 is 28.5 Å². The molecule has 84 valence electrons. The number of aryl methyl sites for hydroxylation is 3. The highest BCUT2D eigenvalue weighted by atomic mass is 32.1. The van der Waals surface area contributed by atoms with E-state index < -0.39 is 0 Å². The van der Waals surface area contributed by atoms with E-state index in [2.05, 4.69) is 4.98 Å². The van der Waals surface area contributed by atoms with E-state index in [9.17, 15) is 4.79 Å². The van der Waals surface area contributed by atoms with E-state index in [4.69, 9.17) is 0 Å². The van der Waals surface area contributed by atoms with Crippen LogP contribution in [0, 0.1) is 20.8 Å². The number of hydrogen-bond donors (Lipinski definition) is 0. The molecule has 0 fully saturated rings. The summed E-state index contributed by atoms with van der Waals surface area (Å²) in [6.07, 6.45) is 0.430. The van der Waals surface area contributed by atoms with Gasteiger partial charge in [-0.15, -0.1) is 22.7 Å². The van der Waals surface area contributed by atoms with Crippen LogP contribution in [-0.2, 0) is 6.42 Å². The van der Waals surface area contributed by atoms with Crippen molar-refractivity contribution in [2.75, 3.05) is 0 Å². The average Bonchev–Trinajstić information content (AvgIpc) is 2.75. The summed E-state index contributed by atoms with van der Waals surface area (Å²) in [7, 11) is 0. The Morgan fingerprint density at radius 2 is 2.00 bits per heavy atom. The van der Waals surface area contributed by atoms with Gasteiger partial charge in [0.05, 0.1) is 17.0 Å². The van der Waals surface area contributed by atoms with Crippen LogP contribution >= 0.6 is 22.7 Å². The highest BCUT2D eigenvalue weighted by molar-refractivity contribution is 7.14. The molecule has 2 heterocycles. The normalized spacial score (nSPS) is 10.7. The summed E-state index contributed by atoms with van der Waals surface area (Å²) in [5.41, 5.74) is 1.04. The van der Waals surface area contributed by atoms with Gasteiger partial charge in [-0.1, -0.05) is 0 Å². The lowest BCUT2D eigenvalue weighted by molar-refractivity contribution is 0.0997. The smallest absolute Gasteiger partial charge is 0.179 e. The zero-order valence-electron chi connectivity index (χ0n) is 9.53. The van der Waals surface area contributed by atoms with Gasteiger partial charge in [-0.2, -0.15) is 0 Å². The number of carbonyl (C=O) groups is 1. The molecule has 0 bridgehead atoms. The Hall–Kier alpha value is -1.00. The summed E-state index contributed by atoms with van der Waals surface area (Å²) in [4.78, 5) is 19.5. The predicted octanol–water partition coefficient (Wildman–Crippen LogP) is 3.56. The molecule has 0 N–H and O–H groups in total. The number of nitrogens with zero attached hydrogens (tertiary/aromatic N) is 1. The monoisotopic (exact) mass is 251 g/mol. The summed E-state index contributed by atoms with van der Waals surface area (Å²) >= 11 is 3.17. The fourth-order valence-corrected chi connectivity index (χ4v) is 3.16. The van der Waals surface area contributed by atoms with E-state index in [-0.39, 0.29) is 5.78 Å². The number of rotatable bonds is 3.